The molecular formula is C20H20FN5O2S. The number of carbonyl (C=O) groups is 1. The van der Waals surface area contributed by atoms with Gasteiger partial charge in [-0.3, -0.25) is 4.79 Å². The van der Waals surface area contributed by atoms with Crippen LogP contribution >= 0.6 is 11.8 Å². The number of benzene rings is 2. The molecule has 7 nitrogen and oxygen atoms in total. The molecule has 29 heavy (non-hydrogen) atoms. The van der Waals surface area contributed by atoms with Crippen molar-refractivity contribution in [2.24, 2.45) is 0 Å². The Morgan fingerprint density at radius 3 is 2.72 bits per heavy atom. The van der Waals surface area contributed by atoms with Crippen LogP contribution in [0.3, 0.4) is 0 Å². The van der Waals surface area contributed by atoms with E-state index >= 15 is 0 Å². The predicted octanol–water partition coefficient (Wildman–Crippen LogP) is 3.39. The van der Waals surface area contributed by atoms with Gasteiger partial charge in [0.1, 0.15) is 16.8 Å². The molecule has 150 valence electrons. The standard InChI is InChI=1S/C20H20FN5O2S/c1-3-16-23-24-20-26(16)25-17(12-8-10-13(21)11-9-12)18(29-20)19(27)22-14-6-4-5-7-15(14)28-2/h4-11,17-18,25H,3H2,1-2H3,(H,22,27)/t17-,18-/m1/s1. The second-order valence-corrected chi connectivity index (χ2v) is 7.58. The molecule has 0 unspecified atom stereocenters. The smallest absolute Gasteiger partial charge is 0.240 e. The number of methoxy groups -OCH3 is 1. The number of nitrogens with zero attached hydrogens (tertiary/aromatic N) is 3. The number of hydrogen-bond donors (Lipinski definition) is 2. The molecule has 2 atom stereocenters. The topological polar surface area (TPSA) is 81.1 Å². The lowest BCUT2D eigenvalue weighted by atomic mass is 10.0. The predicted molar refractivity (Wildman–Crippen MR) is 109 cm³/mol. The summed E-state index contributed by atoms with van der Waals surface area (Å²) in [5, 5.41) is 11.4. The summed E-state index contributed by atoms with van der Waals surface area (Å²) in [7, 11) is 1.55. The van der Waals surface area contributed by atoms with Crippen LogP contribution in [-0.4, -0.2) is 33.1 Å². The van der Waals surface area contributed by atoms with Gasteiger partial charge >= 0.3 is 0 Å². The number of aryl methyl sites for hydroxylation is 1. The van der Waals surface area contributed by atoms with Gasteiger partial charge in [-0.25, -0.2) is 9.07 Å². The molecule has 1 aliphatic rings. The first kappa shape index (κ1) is 19.3. The molecule has 0 saturated heterocycles. The maximum absolute atomic E-state index is 13.4. The zero-order valence-corrected chi connectivity index (χ0v) is 16.7. The van der Waals surface area contributed by atoms with Crippen molar-refractivity contribution < 1.29 is 13.9 Å². The third-order valence-corrected chi connectivity index (χ3v) is 5.89. The quantitative estimate of drug-likeness (QED) is 0.667. The summed E-state index contributed by atoms with van der Waals surface area (Å²) < 4.78 is 20.6. The Hall–Kier alpha value is -3.07. The minimum Gasteiger partial charge on any atom is -0.495 e. The summed E-state index contributed by atoms with van der Waals surface area (Å²) in [5.41, 5.74) is 4.71. The van der Waals surface area contributed by atoms with E-state index in [1.54, 1.807) is 36.1 Å². The number of ether oxygens (including phenoxy) is 1. The first-order valence-corrected chi connectivity index (χ1v) is 10.1. The van der Waals surface area contributed by atoms with Gasteiger partial charge in [-0.1, -0.05) is 43.0 Å². The molecule has 2 heterocycles. The SMILES string of the molecule is CCc1nnc2n1N[C@H](c1ccc(F)cc1)[C@H](C(=O)Nc1ccccc1OC)S2. The third-order valence-electron chi connectivity index (χ3n) is 4.67. The second kappa shape index (κ2) is 8.12. The Balaban J connectivity index is 1.68. The van der Waals surface area contributed by atoms with E-state index in [1.807, 2.05) is 19.1 Å². The van der Waals surface area contributed by atoms with Crippen LogP contribution in [0.25, 0.3) is 0 Å². The minimum atomic E-state index is -0.549. The molecular weight excluding hydrogens is 393 g/mol. The molecule has 0 aliphatic carbocycles. The van der Waals surface area contributed by atoms with Gasteiger partial charge in [0.05, 0.1) is 18.8 Å². The van der Waals surface area contributed by atoms with E-state index in [2.05, 4.69) is 20.9 Å². The van der Waals surface area contributed by atoms with Crippen LogP contribution in [0, 0.1) is 5.82 Å². The van der Waals surface area contributed by atoms with Crippen LogP contribution in [0.4, 0.5) is 10.1 Å². The van der Waals surface area contributed by atoms with E-state index in [0.717, 1.165) is 11.4 Å². The van der Waals surface area contributed by atoms with Crippen molar-refractivity contribution in [1.29, 1.82) is 0 Å². The van der Waals surface area contributed by atoms with Crippen LogP contribution < -0.4 is 15.5 Å². The lowest BCUT2D eigenvalue weighted by Crippen LogP contribution is -2.41. The number of amides is 1. The van der Waals surface area contributed by atoms with Crippen molar-refractivity contribution in [1.82, 2.24) is 14.9 Å². The average Bonchev–Trinajstić information content (AvgIpc) is 3.16. The van der Waals surface area contributed by atoms with E-state index in [1.165, 1.54) is 23.9 Å². The van der Waals surface area contributed by atoms with E-state index in [4.69, 9.17) is 4.74 Å². The minimum absolute atomic E-state index is 0.214. The molecule has 4 rings (SSSR count). The lowest BCUT2D eigenvalue weighted by molar-refractivity contribution is -0.116. The number of para-hydroxylation sites is 2. The number of hydrogen-bond acceptors (Lipinski definition) is 6. The average molecular weight is 413 g/mol. The van der Waals surface area contributed by atoms with Crippen LogP contribution in [-0.2, 0) is 11.2 Å². The van der Waals surface area contributed by atoms with Gasteiger partial charge < -0.3 is 15.5 Å². The molecule has 2 aromatic carbocycles. The highest BCUT2D eigenvalue weighted by Gasteiger charge is 2.37. The lowest BCUT2D eigenvalue weighted by Gasteiger charge is -2.33. The van der Waals surface area contributed by atoms with E-state index in [0.29, 0.717) is 23.0 Å². The molecule has 1 aliphatic heterocycles. The maximum atomic E-state index is 13.4. The number of anilines is 1. The number of aromatic nitrogens is 3. The monoisotopic (exact) mass is 413 g/mol. The van der Waals surface area contributed by atoms with Crippen LogP contribution in [0.5, 0.6) is 5.75 Å². The van der Waals surface area contributed by atoms with Crippen molar-refractivity contribution in [3.8, 4) is 5.75 Å². The van der Waals surface area contributed by atoms with Gasteiger partial charge in [-0.2, -0.15) is 0 Å². The summed E-state index contributed by atoms with van der Waals surface area (Å²) in [5.74, 6) is 0.799. The molecule has 0 saturated carbocycles. The zero-order valence-electron chi connectivity index (χ0n) is 15.9. The first-order valence-electron chi connectivity index (χ1n) is 9.17. The largest absolute Gasteiger partial charge is 0.495 e. The molecule has 1 aromatic heterocycles. The fourth-order valence-corrected chi connectivity index (χ4v) is 4.30. The Morgan fingerprint density at radius 1 is 1.24 bits per heavy atom. The summed E-state index contributed by atoms with van der Waals surface area (Å²) >= 11 is 1.32. The molecule has 9 heteroatoms. The Bertz CT molecular complexity index is 1020. The summed E-state index contributed by atoms with van der Waals surface area (Å²) in [6, 6.07) is 13.0. The number of thioether (sulfide) groups is 1. The van der Waals surface area contributed by atoms with Gasteiger partial charge in [-0.15, -0.1) is 10.2 Å². The highest BCUT2D eigenvalue weighted by Crippen LogP contribution is 2.38. The number of carbonyl (C=O) groups excluding carboxylic acids is 1. The van der Waals surface area contributed by atoms with Crippen LogP contribution in [0.15, 0.2) is 53.7 Å². The van der Waals surface area contributed by atoms with E-state index in [-0.39, 0.29) is 11.7 Å². The molecule has 3 aromatic rings. The summed E-state index contributed by atoms with van der Waals surface area (Å²) in [4.78, 5) is 13.2. The van der Waals surface area contributed by atoms with Crippen molar-refractivity contribution in [3.63, 3.8) is 0 Å². The van der Waals surface area contributed by atoms with Crippen molar-refractivity contribution in [2.45, 2.75) is 29.8 Å². The number of nitrogens with one attached hydrogen (secondary N) is 2. The van der Waals surface area contributed by atoms with E-state index < -0.39 is 11.3 Å². The molecule has 0 radical (unpaired) electrons. The first-order chi connectivity index (χ1) is 14.1. The third kappa shape index (κ3) is 3.77. The molecule has 0 spiro atoms. The van der Waals surface area contributed by atoms with Gasteiger partial charge in [0.2, 0.25) is 11.1 Å². The Kier molecular flexibility index (Phi) is 5.39. The molecule has 2 N–H and O–H groups in total. The highest BCUT2D eigenvalue weighted by molar-refractivity contribution is 8.00. The zero-order chi connectivity index (χ0) is 20.4. The van der Waals surface area contributed by atoms with Crippen LogP contribution in [0.2, 0.25) is 0 Å². The Labute approximate surface area is 171 Å². The Morgan fingerprint density at radius 2 is 2.00 bits per heavy atom. The van der Waals surface area contributed by atoms with Gasteiger partial charge in [0.25, 0.3) is 0 Å². The normalized spacial score (nSPS) is 17.9. The van der Waals surface area contributed by atoms with Gasteiger partial charge in [0, 0.05) is 6.42 Å². The van der Waals surface area contributed by atoms with Crippen molar-refractivity contribution in [3.05, 3.63) is 65.7 Å². The molecule has 0 bridgehead atoms. The highest BCUT2D eigenvalue weighted by atomic mass is 32.2. The second-order valence-electron chi connectivity index (χ2n) is 6.47. The van der Waals surface area contributed by atoms with Gasteiger partial charge in [-0.05, 0) is 29.8 Å². The van der Waals surface area contributed by atoms with Gasteiger partial charge in [0.15, 0.2) is 5.82 Å². The van der Waals surface area contributed by atoms with Crippen molar-refractivity contribution in [2.75, 3.05) is 17.9 Å². The maximum Gasteiger partial charge on any atom is 0.240 e. The molecule has 0 fully saturated rings. The fourth-order valence-electron chi connectivity index (χ4n) is 3.20. The summed E-state index contributed by atoms with van der Waals surface area (Å²) in [6.07, 6.45) is 0.689. The van der Waals surface area contributed by atoms with Crippen LogP contribution in [0.1, 0.15) is 24.4 Å². The van der Waals surface area contributed by atoms with E-state index in [9.17, 15) is 9.18 Å². The number of fused-ring (bicyclic) bond motifs is 1. The van der Waals surface area contributed by atoms with Crippen molar-refractivity contribution >= 4 is 23.4 Å². The molecule has 1 amide bonds. The number of halogens is 1. The number of rotatable bonds is 5. The summed E-state index contributed by atoms with van der Waals surface area (Å²) in [6.45, 7) is 1.98. The fraction of sp³-hybridized carbons (Fsp3) is 0.250.